The molecule has 0 aliphatic carbocycles. The van der Waals surface area contributed by atoms with Crippen molar-refractivity contribution in [2.24, 2.45) is 0 Å². The van der Waals surface area contributed by atoms with E-state index < -0.39 is 6.10 Å². The Morgan fingerprint density at radius 2 is 1.93 bits per heavy atom. The summed E-state index contributed by atoms with van der Waals surface area (Å²) < 4.78 is 0.997. The third-order valence-corrected chi connectivity index (χ3v) is 2.41. The zero-order chi connectivity index (χ0) is 10.4. The van der Waals surface area contributed by atoms with Gasteiger partial charge in [-0.2, -0.15) is 0 Å². The van der Waals surface area contributed by atoms with Crippen LogP contribution in [0.1, 0.15) is 11.7 Å². The Hall–Kier alpha value is -0.420. The van der Waals surface area contributed by atoms with E-state index in [1.54, 1.807) is 0 Å². The molecular formula is C10H14BrNO2. The van der Waals surface area contributed by atoms with E-state index in [0.717, 1.165) is 10.0 Å². The topological polar surface area (TPSA) is 52.5 Å². The maximum absolute atomic E-state index is 9.68. The first-order valence-corrected chi connectivity index (χ1v) is 5.28. The third kappa shape index (κ3) is 3.75. The number of aliphatic hydroxyl groups excluding tert-OH is 2. The molecule has 1 aromatic rings. The van der Waals surface area contributed by atoms with E-state index in [9.17, 15) is 5.11 Å². The highest BCUT2D eigenvalue weighted by Crippen LogP contribution is 2.15. The van der Waals surface area contributed by atoms with Crippen molar-refractivity contribution in [2.75, 3.05) is 19.7 Å². The Bertz CT molecular complexity index is 263. The Kier molecular flexibility index (Phi) is 5.11. The highest BCUT2D eigenvalue weighted by molar-refractivity contribution is 9.10. The monoisotopic (exact) mass is 259 g/mol. The smallest absolute Gasteiger partial charge is 0.0914 e. The van der Waals surface area contributed by atoms with E-state index in [4.69, 9.17) is 5.11 Å². The molecular weight excluding hydrogens is 246 g/mol. The molecule has 0 fully saturated rings. The minimum absolute atomic E-state index is 0.0903. The molecule has 0 unspecified atom stereocenters. The van der Waals surface area contributed by atoms with Crippen molar-refractivity contribution in [1.82, 2.24) is 5.32 Å². The lowest BCUT2D eigenvalue weighted by Gasteiger charge is -2.11. The summed E-state index contributed by atoms with van der Waals surface area (Å²) >= 11 is 3.33. The van der Waals surface area contributed by atoms with Gasteiger partial charge in [0.2, 0.25) is 0 Å². The molecule has 1 rings (SSSR count). The van der Waals surface area contributed by atoms with Crippen LogP contribution in [0.3, 0.4) is 0 Å². The van der Waals surface area contributed by atoms with Gasteiger partial charge in [0.15, 0.2) is 0 Å². The highest BCUT2D eigenvalue weighted by Gasteiger charge is 2.05. The Morgan fingerprint density at radius 3 is 2.50 bits per heavy atom. The molecule has 14 heavy (non-hydrogen) atoms. The van der Waals surface area contributed by atoms with Gasteiger partial charge in [-0.3, -0.25) is 0 Å². The molecule has 3 nitrogen and oxygen atoms in total. The molecule has 4 heteroatoms. The molecule has 1 aromatic carbocycles. The van der Waals surface area contributed by atoms with Crippen LogP contribution < -0.4 is 5.32 Å². The first-order valence-electron chi connectivity index (χ1n) is 4.49. The van der Waals surface area contributed by atoms with Gasteiger partial charge >= 0.3 is 0 Å². The number of aliphatic hydroxyl groups is 2. The van der Waals surface area contributed by atoms with E-state index in [0.29, 0.717) is 13.1 Å². The number of halogens is 1. The number of benzene rings is 1. The van der Waals surface area contributed by atoms with Crippen LogP contribution in [0.25, 0.3) is 0 Å². The fraction of sp³-hybridized carbons (Fsp3) is 0.400. The highest BCUT2D eigenvalue weighted by atomic mass is 79.9. The molecule has 0 radical (unpaired) electrons. The molecule has 0 saturated carbocycles. The van der Waals surface area contributed by atoms with Gasteiger partial charge < -0.3 is 15.5 Å². The van der Waals surface area contributed by atoms with Crippen LogP contribution in [0.15, 0.2) is 28.7 Å². The van der Waals surface area contributed by atoms with Crippen molar-refractivity contribution in [3.63, 3.8) is 0 Å². The average molecular weight is 260 g/mol. The zero-order valence-electron chi connectivity index (χ0n) is 7.78. The van der Waals surface area contributed by atoms with Crippen LogP contribution >= 0.6 is 15.9 Å². The van der Waals surface area contributed by atoms with E-state index in [1.165, 1.54) is 0 Å². The summed E-state index contributed by atoms with van der Waals surface area (Å²) in [4.78, 5) is 0. The van der Waals surface area contributed by atoms with Crippen molar-refractivity contribution in [3.05, 3.63) is 34.3 Å². The standard InChI is InChI=1S/C10H14BrNO2/c11-9-3-1-8(2-4-9)10(14)7-12-5-6-13/h1-4,10,12-14H,5-7H2/t10-/m0/s1. The lowest BCUT2D eigenvalue weighted by molar-refractivity contribution is 0.171. The maximum Gasteiger partial charge on any atom is 0.0914 e. The normalized spacial score (nSPS) is 12.8. The van der Waals surface area contributed by atoms with Crippen LogP contribution in [0, 0.1) is 0 Å². The van der Waals surface area contributed by atoms with Crippen molar-refractivity contribution in [1.29, 1.82) is 0 Å². The average Bonchev–Trinajstić information content (AvgIpc) is 2.19. The van der Waals surface area contributed by atoms with Crippen LogP contribution in [-0.2, 0) is 0 Å². The first kappa shape index (κ1) is 11.7. The van der Waals surface area contributed by atoms with Crippen LogP contribution in [0.5, 0.6) is 0 Å². The first-order chi connectivity index (χ1) is 6.74. The quantitative estimate of drug-likeness (QED) is 0.694. The summed E-state index contributed by atoms with van der Waals surface area (Å²) in [5, 5.41) is 21.2. The number of hydrogen-bond acceptors (Lipinski definition) is 3. The minimum Gasteiger partial charge on any atom is -0.395 e. The Morgan fingerprint density at radius 1 is 1.29 bits per heavy atom. The van der Waals surface area contributed by atoms with Gasteiger partial charge in [-0.25, -0.2) is 0 Å². The molecule has 0 spiro atoms. The summed E-state index contributed by atoms with van der Waals surface area (Å²) in [5.41, 5.74) is 0.874. The summed E-state index contributed by atoms with van der Waals surface area (Å²) in [6.07, 6.45) is -0.519. The van der Waals surface area contributed by atoms with Gasteiger partial charge in [0.1, 0.15) is 0 Å². The molecule has 0 heterocycles. The fourth-order valence-electron chi connectivity index (χ4n) is 1.12. The predicted octanol–water partition coefficient (Wildman–Crippen LogP) is 1.06. The largest absolute Gasteiger partial charge is 0.395 e. The molecule has 0 aliphatic rings. The van der Waals surface area contributed by atoms with E-state index >= 15 is 0 Å². The van der Waals surface area contributed by atoms with Crippen molar-refractivity contribution >= 4 is 15.9 Å². The summed E-state index contributed by atoms with van der Waals surface area (Å²) in [6.45, 7) is 1.06. The number of nitrogens with one attached hydrogen (secondary N) is 1. The molecule has 0 saturated heterocycles. The lowest BCUT2D eigenvalue weighted by Crippen LogP contribution is -2.24. The van der Waals surface area contributed by atoms with E-state index in [2.05, 4.69) is 21.2 Å². The maximum atomic E-state index is 9.68. The van der Waals surface area contributed by atoms with Gasteiger partial charge in [0.05, 0.1) is 12.7 Å². The Balaban J connectivity index is 2.43. The molecule has 0 bridgehead atoms. The van der Waals surface area contributed by atoms with E-state index in [1.807, 2.05) is 24.3 Å². The zero-order valence-corrected chi connectivity index (χ0v) is 9.37. The number of hydrogen-bond donors (Lipinski definition) is 3. The SMILES string of the molecule is OCCNC[C@H](O)c1ccc(Br)cc1. The van der Waals surface area contributed by atoms with Gasteiger partial charge in [-0.15, -0.1) is 0 Å². The van der Waals surface area contributed by atoms with Crippen molar-refractivity contribution in [3.8, 4) is 0 Å². The van der Waals surface area contributed by atoms with Crippen molar-refractivity contribution < 1.29 is 10.2 Å². The number of rotatable bonds is 5. The summed E-state index contributed by atoms with van der Waals surface area (Å²) in [5.74, 6) is 0. The molecule has 3 N–H and O–H groups in total. The molecule has 0 aliphatic heterocycles. The second-order valence-electron chi connectivity index (χ2n) is 3.00. The van der Waals surface area contributed by atoms with Crippen LogP contribution in [0.2, 0.25) is 0 Å². The van der Waals surface area contributed by atoms with Gasteiger partial charge in [0, 0.05) is 17.6 Å². The summed E-state index contributed by atoms with van der Waals surface area (Å²) in [6, 6.07) is 7.53. The van der Waals surface area contributed by atoms with E-state index in [-0.39, 0.29) is 6.61 Å². The third-order valence-electron chi connectivity index (χ3n) is 1.88. The molecule has 1 atom stereocenters. The van der Waals surface area contributed by atoms with Crippen LogP contribution in [-0.4, -0.2) is 29.9 Å². The predicted molar refractivity (Wildman–Crippen MR) is 59.1 cm³/mol. The Labute approximate surface area is 91.9 Å². The molecule has 0 aromatic heterocycles. The summed E-state index contributed by atoms with van der Waals surface area (Å²) in [7, 11) is 0. The minimum atomic E-state index is -0.519. The van der Waals surface area contributed by atoms with Gasteiger partial charge in [-0.1, -0.05) is 28.1 Å². The lowest BCUT2D eigenvalue weighted by atomic mass is 10.1. The molecule has 78 valence electrons. The van der Waals surface area contributed by atoms with Gasteiger partial charge in [0.25, 0.3) is 0 Å². The second kappa shape index (κ2) is 6.14. The fourth-order valence-corrected chi connectivity index (χ4v) is 1.38. The van der Waals surface area contributed by atoms with Crippen molar-refractivity contribution in [2.45, 2.75) is 6.10 Å². The van der Waals surface area contributed by atoms with Gasteiger partial charge in [-0.05, 0) is 17.7 Å². The van der Waals surface area contributed by atoms with Crippen LogP contribution in [0.4, 0.5) is 0 Å². The molecule has 0 amide bonds. The second-order valence-corrected chi connectivity index (χ2v) is 3.91.